The second kappa shape index (κ2) is 5.58. The van der Waals surface area contributed by atoms with Gasteiger partial charge in [-0.05, 0) is 36.2 Å². The molecular weight excluding hydrogens is 264 g/mol. The summed E-state index contributed by atoms with van der Waals surface area (Å²) >= 11 is 0. The lowest BCUT2D eigenvalue weighted by molar-refractivity contribution is 0.469. The van der Waals surface area contributed by atoms with E-state index in [1.807, 2.05) is 36.4 Å². The van der Waals surface area contributed by atoms with Gasteiger partial charge < -0.3 is 5.11 Å². The minimum atomic E-state index is 0.240. The Morgan fingerprint density at radius 3 is 2.90 bits per heavy atom. The molecule has 1 aromatic heterocycles. The van der Waals surface area contributed by atoms with Crippen LogP contribution in [-0.4, -0.2) is 26.7 Å². The summed E-state index contributed by atoms with van der Waals surface area (Å²) in [4.78, 5) is 4.38. The summed E-state index contributed by atoms with van der Waals surface area (Å²) < 4.78 is 0. The van der Waals surface area contributed by atoms with Crippen LogP contribution in [-0.2, 0) is 6.42 Å². The molecule has 0 bridgehead atoms. The van der Waals surface area contributed by atoms with Crippen molar-refractivity contribution in [2.45, 2.75) is 6.42 Å². The molecule has 5 nitrogen and oxygen atoms in total. The molecule has 5 heteroatoms. The summed E-state index contributed by atoms with van der Waals surface area (Å²) in [5.41, 5.74) is 3.82. The quantitative estimate of drug-likeness (QED) is 0.568. The van der Waals surface area contributed by atoms with Gasteiger partial charge >= 0.3 is 0 Å². The molecule has 0 saturated heterocycles. The summed E-state index contributed by atoms with van der Waals surface area (Å²) in [6.45, 7) is 3.68. The molecule has 21 heavy (non-hydrogen) atoms. The van der Waals surface area contributed by atoms with Gasteiger partial charge in [0.25, 0.3) is 0 Å². The Balaban J connectivity index is 1.91. The monoisotopic (exact) mass is 278 g/mol. The van der Waals surface area contributed by atoms with Crippen molar-refractivity contribution in [3.05, 3.63) is 60.2 Å². The number of phenols is 1. The highest BCUT2D eigenvalue weighted by Gasteiger charge is 2.04. The molecule has 3 rings (SSSR count). The Morgan fingerprint density at radius 2 is 2.05 bits per heavy atom. The molecule has 104 valence electrons. The number of aromatic hydroxyl groups is 1. The summed E-state index contributed by atoms with van der Waals surface area (Å²) in [5.74, 6) is 0.240. The number of para-hydroxylation sites is 1. The number of aliphatic imine (C=N–C) groups is 1. The van der Waals surface area contributed by atoms with Crippen LogP contribution in [0.15, 0.2) is 54.0 Å². The molecule has 2 N–H and O–H groups in total. The van der Waals surface area contributed by atoms with Gasteiger partial charge in [-0.1, -0.05) is 18.2 Å². The molecule has 0 radical (unpaired) electrons. The average Bonchev–Trinajstić information content (AvgIpc) is 2.96. The second-order valence-electron chi connectivity index (χ2n) is 4.60. The minimum Gasteiger partial charge on any atom is -0.507 e. The lowest BCUT2D eigenvalue weighted by atomic mass is 10.1. The van der Waals surface area contributed by atoms with E-state index in [1.54, 1.807) is 12.3 Å². The smallest absolute Gasteiger partial charge is 0.127 e. The van der Waals surface area contributed by atoms with Crippen molar-refractivity contribution in [3.8, 4) is 5.75 Å². The first kappa shape index (κ1) is 13.1. The molecule has 0 aliphatic carbocycles. The third kappa shape index (κ3) is 2.67. The molecule has 0 atom stereocenters. The van der Waals surface area contributed by atoms with Crippen LogP contribution >= 0.6 is 0 Å². The maximum Gasteiger partial charge on any atom is 0.127 e. The largest absolute Gasteiger partial charge is 0.507 e. The standard InChI is InChI=1S/C16H14N4O/c1-2-4-11-5-3-6-12(16(11)21)10-17-13-7-8-14-15(9-13)19-20-18-14/h2-3,5-10,21H,1,4H2,(H,18,19,20). The number of fused-ring (bicyclic) bond motifs is 1. The zero-order chi connectivity index (χ0) is 14.7. The maximum absolute atomic E-state index is 10.2. The molecule has 0 aliphatic rings. The van der Waals surface area contributed by atoms with Gasteiger partial charge in [0.15, 0.2) is 0 Å². The van der Waals surface area contributed by atoms with Crippen LogP contribution in [0.4, 0.5) is 5.69 Å². The molecule has 0 saturated carbocycles. The van der Waals surface area contributed by atoms with E-state index < -0.39 is 0 Å². The highest BCUT2D eigenvalue weighted by Crippen LogP contribution is 2.23. The Labute approximate surface area is 121 Å². The van der Waals surface area contributed by atoms with Crippen molar-refractivity contribution in [3.63, 3.8) is 0 Å². The number of nitrogens with one attached hydrogen (secondary N) is 1. The first-order chi connectivity index (χ1) is 10.3. The first-order valence-electron chi connectivity index (χ1n) is 6.54. The normalized spacial score (nSPS) is 11.2. The van der Waals surface area contributed by atoms with Gasteiger partial charge in [0.1, 0.15) is 16.8 Å². The predicted molar refractivity (Wildman–Crippen MR) is 83.2 cm³/mol. The number of benzene rings is 2. The van der Waals surface area contributed by atoms with Crippen molar-refractivity contribution in [1.82, 2.24) is 15.4 Å². The van der Waals surface area contributed by atoms with Crippen molar-refractivity contribution in [2.75, 3.05) is 0 Å². The summed E-state index contributed by atoms with van der Waals surface area (Å²) in [6, 6.07) is 11.1. The zero-order valence-electron chi connectivity index (χ0n) is 11.3. The molecule has 1 heterocycles. The van der Waals surface area contributed by atoms with E-state index in [0.29, 0.717) is 12.0 Å². The molecule has 0 fully saturated rings. The van der Waals surface area contributed by atoms with Crippen LogP contribution in [0.25, 0.3) is 11.0 Å². The van der Waals surface area contributed by atoms with Crippen LogP contribution in [0.5, 0.6) is 5.75 Å². The van der Waals surface area contributed by atoms with E-state index in [0.717, 1.165) is 22.3 Å². The van der Waals surface area contributed by atoms with Crippen molar-refractivity contribution in [1.29, 1.82) is 0 Å². The molecule has 0 spiro atoms. The zero-order valence-corrected chi connectivity index (χ0v) is 11.3. The molecule has 0 amide bonds. The number of phenolic OH excluding ortho intramolecular Hbond substituents is 1. The van der Waals surface area contributed by atoms with Gasteiger partial charge in [-0.15, -0.1) is 6.58 Å². The van der Waals surface area contributed by atoms with Gasteiger partial charge in [0.2, 0.25) is 0 Å². The van der Waals surface area contributed by atoms with Crippen LogP contribution in [0.2, 0.25) is 0 Å². The number of H-pyrrole nitrogens is 1. The van der Waals surface area contributed by atoms with Crippen molar-refractivity contribution < 1.29 is 5.11 Å². The van der Waals surface area contributed by atoms with Crippen LogP contribution in [0.1, 0.15) is 11.1 Å². The number of hydrogen-bond acceptors (Lipinski definition) is 4. The first-order valence-corrected chi connectivity index (χ1v) is 6.54. The second-order valence-corrected chi connectivity index (χ2v) is 4.60. The fourth-order valence-electron chi connectivity index (χ4n) is 2.09. The van der Waals surface area contributed by atoms with Gasteiger partial charge in [0, 0.05) is 11.8 Å². The summed E-state index contributed by atoms with van der Waals surface area (Å²) in [6.07, 6.45) is 4.02. The van der Waals surface area contributed by atoms with Crippen LogP contribution < -0.4 is 0 Å². The number of hydrogen-bond donors (Lipinski definition) is 2. The van der Waals surface area contributed by atoms with Gasteiger partial charge in [0.05, 0.1) is 5.69 Å². The van der Waals surface area contributed by atoms with E-state index >= 15 is 0 Å². The van der Waals surface area contributed by atoms with Crippen molar-refractivity contribution in [2.24, 2.45) is 4.99 Å². The Morgan fingerprint density at radius 1 is 1.19 bits per heavy atom. The fourth-order valence-corrected chi connectivity index (χ4v) is 2.09. The Bertz CT molecular complexity index is 820. The molecule has 3 aromatic rings. The average molecular weight is 278 g/mol. The van der Waals surface area contributed by atoms with Gasteiger partial charge in [-0.3, -0.25) is 4.99 Å². The number of allylic oxidation sites excluding steroid dienone is 1. The third-order valence-corrected chi connectivity index (χ3v) is 3.17. The Kier molecular flexibility index (Phi) is 3.47. The van der Waals surface area contributed by atoms with Crippen LogP contribution in [0, 0.1) is 0 Å². The Hall–Kier alpha value is -2.95. The number of aromatic nitrogens is 3. The highest BCUT2D eigenvalue weighted by atomic mass is 16.3. The van der Waals surface area contributed by atoms with Crippen molar-refractivity contribution >= 4 is 22.9 Å². The molecule has 2 aromatic carbocycles. The highest BCUT2D eigenvalue weighted by molar-refractivity contribution is 5.87. The summed E-state index contributed by atoms with van der Waals surface area (Å²) in [7, 11) is 0. The lowest BCUT2D eigenvalue weighted by Gasteiger charge is -2.04. The number of aromatic amines is 1. The molecule has 0 aliphatic heterocycles. The van der Waals surface area contributed by atoms with E-state index in [2.05, 4.69) is 27.0 Å². The van der Waals surface area contributed by atoms with E-state index in [9.17, 15) is 5.11 Å². The lowest BCUT2D eigenvalue weighted by Crippen LogP contribution is -1.88. The number of rotatable bonds is 4. The van der Waals surface area contributed by atoms with Crippen LogP contribution in [0.3, 0.4) is 0 Å². The maximum atomic E-state index is 10.2. The topological polar surface area (TPSA) is 74.2 Å². The minimum absolute atomic E-state index is 0.240. The van der Waals surface area contributed by atoms with Gasteiger partial charge in [-0.2, -0.15) is 15.4 Å². The predicted octanol–water partition coefficient (Wildman–Crippen LogP) is 3.14. The number of nitrogens with zero attached hydrogens (tertiary/aromatic N) is 3. The third-order valence-electron chi connectivity index (χ3n) is 3.17. The van der Waals surface area contributed by atoms with E-state index in [4.69, 9.17) is 0 Å². The summed E-state index contributed by atoms with van der Waals surface area (Å²) in [5, 5.41) is 20.7. The van der Waals surface area contributed by atoms with Gasteiger partial charge in [-0.25, -0.2) is 0 Å². The van der Waals surface area contributed by atoms with E-state index in [-0.39, 0.29) is 5.75 Å². The molecular formula is C16H14N4O. The van der Waals surface area contributed by atoms with E-state index in [1.165, 1.54) is 0 Å². The SMILES string of the molecule is C=CCc1cccc(C=Nc2ccc3n[nH]nc3c2)c1O. The molecule has 0 unspecified atom stereocenters. The fraction of sp³-hybridized carbons (Fsp3) is 0.0625.